The van der Waals surface area contributed by atoms with E-state index < -0.39 is 0 Å². The maximum atomic E-state index is 9.74. The molecule has 0 amide bonds. The van der Waals surface area contributed by atoms with Gasteiger partial charge in [-0.3, -0.25) is 9.80 Å². The standard InChI is InChI=1S/C17H25N3O/c1-3-17(21)13-19-7-9-20(10-8-19)14(2)16-6-4-5-15(11-16)12-18/h4-6,11,14,17,21H,3,7-10,13H2,1-2H3/t14?,17-/m0/s1. The van der Waals surface area contributed by atoms with E-state index in [0.717, 1.165) is 44.7 Å². The van der Waals surface area contributed by atoms with Gasteiger partial charge >= 0.3 is 0 Å². The van der Waals surface area contributed by atoms with Crippen molar-refractivity contribution in [2.75, 3.05) is 32.7 Å². The molecule has 4 nitrogen and oxygen atoms in total. The van der Waals surface area contributed by atoms with Gasteiger partial charge in [0.15, 0.2) is 0 Å². The molecular weight excluding hydrogens is 262 g/mol. The van der Waals surface area contributed by atoms with Gasteiger partial charge in [-0.05, 0) is 31.0 Å². The largest absolute Gasteiger partial charge is 0.392 e. The van der Waals surface area contributed by atoms with Crippen LogP contribution < -0.4 is 0 Å². The van der Waals surface area contributed by atoms with Crippen LogP contribution in [0.1, 0.15) is 37.4 Å². The van der Waals surface area contributed by atoms with Crippen molar-refractivity contribution in [3.8, 4) is 6.07 Å². The van der Waals surface area contributed by atoms with Crippen LogP contribution in [0.5, 0.6) is 0 Å². The quantitative estimate of drug-likeness (QED) is 0.900. The first kappa shape index (κ1) is 16.0. The van der Waals surface area contributed by atoms with E-state index in [2.05, 4.69) is 28.9 Å². The van der Waals surface area contributed by atoms with E-state index in [1.165, 1.54) is 5.56 Å². The minimum absolute atomic E-state index is 0.207. The third-order valence-electron chi connectivity index (χ3n) is 4.39. The Balaban J connectivity index is 1.91. The van der Waals surface area contributed by atoms with Crippen molar-refractivity contribution < 1.29 is 5.11 Å². The van der Waals surface area contributed by atoms with E-state index in [1.807, 2.05) is 25.1 Å². The highest BCUT2D eigenvalue weighted by molar-refractivity contribution is 5.34. The summed E-state index contributed by atoms with van der Waals surface area (Å²) in [5.41, 5.74) is 1.93. The number of nitriles is 1. The fourth-order valence-electron chi connectivity index (χ4n) is 2.84. The van der Waals surface area contributed by atoms with Crippen molar-refractivity contribution in [1.82, 2.24) is 9.80 Å². The van der Waals surface area contributed by atoms with Crippen LogP contribution >= 0.6 is 0 Å². The number of rotatable bonds is 5. The Labute approximate surface area is 127 Å². The number of piperazine rings is 1. The van der Waals surface area contributed by atoms with Crippen molar-refractivity contribution in [2.24, 2.45) is 0 Å². The van der Waals surface area contributed by atoms with Gasteiger partial charge in [0.25, 0.3) is 0 Å². The van der Waals surface area contributed by atoms with Crippen molar-refractivity contribution in [3.05, 3.63) is 35.4 Å². The van der Waals surface area contributed by atoms with Gasteiger partial charge in [0.05, 0.1) is 17.7 Å². The van der Waals surface area contributed by atoms with Crippen LogP contribution in [0, 0.1) is 11.3 Å². The molecule has 0 aliphatic carbocycles. The fraction of sp³-hybridized carbons (Fsp3) is 0.588. The molecule has 21 heavy (non-hydrogen) atoms. The number of benzene rings is 1. The lowest BCUT2D eigenvalue weighted by molar-refractivity contribution is 0.0579. The fourth-order valence-corrected chi connectivity index (χ4v) is 2.84. The zero-order valence-corrected chi connectivity index (χ0v) is 13.0. The Morgan fingerprint density at radius 2 is 2.00 bits per heavy atom. The molecule has 1 N–H and O–H groups in total. The van der Waals surface area contributed by atoms with Crippen LogP contribution in [-0.4, -0.2) is 53.7 Å². The molecule has 1 aromatic carbocycles. The second-order valence-electron chi connectivity index (χ2n) is 5.81. The highest BCUT2D eigenvalue weighted by Gasteiger charge is 2.23. The zero-order chi connectivity index (χ0) is 15.2. The Morgan fingerprint density at radius 1 is 1.29 bits per heavy atom. The molecule has 1 heterocycles. The number of β-amino-alcohol motifs (C(OH)–C–C–N with tert-alkyl or cyclic N) is 1. The van der Waals surface area contributed by atoms with E-state index >= 15 is 0 Å². The van der Waals surface area contributed by atoms with Gasteiger partial charge in [-0.25, -0.2) is 0 Å². The number of hydrogen-bond acceptors (Lipinski definition) is 4. The van der Waals surface area contributed by atoms with E-state index in [9.17, 15) is 5.11 Å². The summed E-state index contributed by atoms with van der Waals surface area (Å²) >= 11 is 0. The van der Waals surface area contributed by atoms with Gasteiger partial charge in [0, 0.05) is 38.8 Å². The predicted octanol–water partition coefficient (Wildman–Crippen LogP) is 2.01. The van der Waals surface area contributed by atoms with Gasteiger partial charge < -0.3 is 5.11 Å². The molecule has 0 spiro atoms. The summed E-state index contributed by atoms with van der Waals surface area (Å²) in [5, 5.41) is 18.7. The molecule has 4 heteroatoms. The van der Waals surface area contributed by atoms with Gasteiger partial charge in [-0.1, -0.05) is 19.1 Å². The van der Waals surface area contributed by atoms with Gasteiger partial charge in [0.2, 0.25) is 0 Å². The molecular formula is C17H25N3O. The first-order valence-corrected chi connectivity index (χ1v) is 7.78. The maximum absolute atomic E-state index is 9.74. The monoisotopic (exact) mass is 287 g/mol. The zero-order valence-electron chi connectivity index (χ0n) is 13.0. The SMILES string of the molecule is CC[C@H](O)CN1CCN(C(C)c2cccc(C#N)c2)CC1. The number of aliphatic hydroxyl groups excluding tert-OH is 1. The lowest BCUT2D eigenvalue weighted by Crippen LogP contribution is -2.49. The van der Waals surface area contributed by atoms with E-state index in [4.69, 9.17) is 5.26 Å². The third-order valence-corrected chi connectivity index (χ3v) is 4.39. The molecule has 114 valence electrons. The van der Waals surface area contributed by atoms with Crippen LogP contribution in [0.4, 0.5) is 0 Å². The number of nitrogens with zero attached hydrogens (tertiary/aromatic N) is 3. The molecule has 2 atom stereocenters. The Morgan fingerprint density at radius 3 is 2.62 bits per heavy atom. The van der Waals surface area contributed by atoms with Crippen LogP contribution in [0.3, 0.4) is 0 Å². The summed E-state index contributed by atoms with van der Waals surface area (Å²) in [6, 6.07) is 10.4. The van der Waals surface area contributed by atoms with Gasteiger partial charge in [-0.15, -0.1) is 0 Å². The van der Waals surface area contributed by atoms with Crippen molar-refractivity contribution in [2.45, 2.75) is 32.4 Å². The average molecular weight is 287 g/mol. The van der Waals surface area contributed by atoms with Crippen LogP contribution in [0.25, 0.3) is 0 Å². The summed E-state index contributed by atoms with van der Waals surface area (Å²) in [6.45, 7) is 9.02. The van der Waals surface area contributed by atoms with Crippen molar-refractivity contribution in [3.63, 3.8) is 0 Å². The molecule has 0 saturated carbocycles. The first-order chi connectivity index (χ1) is 10.1. The van der Waals surface area contributed by atoms with Gasteiger partial charge in [-0.2, -0.15) is 5.26 Å². The normalized spacial score (nSPS) is 19.9. The minimum Gasteiger partial charge on any atom is -0.392 e. The second-order valence-corrected chi connectivity index (χ2v) is 5.81. The maximum Gasteiger partial charge on any atom is 0.0991 e. The summed E-state index contributed by atoms with van der Waals surface area (Å²) < 4.78 is 0. The molecule has 1 unspecified atom stereocenters. The molecule has 2 rings (SSSR count). The lowest BCUT2D eigenvalue weighted by Gasteiger charge is -2.38. The minimum atomic E-state index is -0.207. The van der Waals surface area contributed by atoms with Crippen LogP contribution in [0.15, 0.2) is 24.3 Å². The van der Waals surface area contributed by atoms with Crippen LogP contribution in [0.2, 0.25) is 0 Å². The molecule has 1 saturated heterocycles. The predicted molar refractivity (Wildman–Crippen MR) is 83.9 cm³/mol. The molecule has 1 fully saturated rings. The molecule has 1 aliphatic rings. The third kappa shape index (κ3) is 4.28. The molecule has 0 bridgehead atoms. The highest BCUT2D eigenvalue weighted by atomic mass is 16.3. The lowest BCUT2D eigenvalue weighted by atomic mass is 10.0. The first-order valence-electron chi connectivity index (χ1n) is 7.78. The smallest absolute Gasteiger partial charge is 0.0991 e. The number of hydrogen-bond donors (Lipinski definition) is 1. The Kier molecular flexibility index (Phi) is 5.75. The van der Waals surface area contributed by atoms with E-state index in [1.54, 1.807) is 0 Å². The van der Waals surface area contributed by atoms with Crippen molar-refractivity contribution in [1.29, 1.82) is 5.26 Å². The van der Waals surface area contributed by atoms with Gasteiger partial charge in [0.1, 0.15) is 0 Å². The second kappa shape index (κ2) is 7.56. The van der Waals surface area contributed by atoms with E-state index in [0.29, 0.717) is 6.04 Å². The summed E-state index contributed by atoms with van der Waals surface area (Å²) in [5.74, 6) is 0. The van der Waals surface area contributed by atoms with E-state index in [-0.39, 0.29) is 6.10 Å². The topological polar surface area (TPSA) is 50.5 Å². The molecule has 0 aromatic heterocycles. The van der Waals surface area contributed by atoms with Crippen molar-refractivity contribution >= 4 is 0 Å². The molecule has 1 aromatic rings. The highest BCUT2D eigenvalue weighted by Crippen LogP contribution is 2.22. The Hall–Kier alpha value is -1.41. The van der Waals surface area contributed by atoms with Crippen LogP contribution in [-0.2, 0) is 0 Å². The summed E-state index contributed by atoms with van der Waals surface area (Å²) in [6.07, 6.45) is 0.610. The molecule has 1 aliphatic heterocycles. The molecule has 0 radical (unpaired) electrons. The average Bonchev–Trinajstić information content (AvgIpc) is 2.54. The summed E-state index contributed by atoms with van der Waals surface area (Å²) in [7, 11) is 0. The number of aliphatic hydroxyl groups is 1. The Bertz CT molecular complexity index is 489. The summed E-state index contributed by atoms with van der Waals surface area (Å²) in [4.78, 5) is 4.79.